The first-order chi connectivity index (χ1) is 11.8. The van der Waals surface area contributed by atoms with Gasteiger partial charge < -0.3 is 10.0 Å². The molecule has 3 heterocycles. The number of aromatic nitrogens is 1. The van der Waals surface area contributed by atoms with Crippen molar-refractivity contribution in [3.63, 3.8) is 0 Å². The topological polar surface area (TPSA) is 48.8 Å². The summed E-state index contributed by atoms with van der Waals surface area (Å²) >= 11 is 0. The van der Waals surface area contributed by atoms with Crippen LogP contribution in [0.4, 0.5) is 0 Å². The molecule has 0 saturated carbocycles. The van der Waals surface area contributed by atoms with E-state index in [0.29, 0.717) is 12.5 Å². The van der Waals surface area contributed by atoms with Crippen molar-refractivity contribution >= 4 is 0 Å². The lowest BCUT2D eigenvalue weighted by atomic mass is 9.91. The zero-order valence-corrected chi connectivity index (χ0v) is 14.6. The van der Waals surface area contributed by atoms with E-state index in [1.165, 1.54) is 24.8 Å². The van der Waals surface area contributed by atoms with Gasteiger partial charge in [0, 0.05) is 32.0 Å². The molecule has 5 nitrogen and oxygen atoms in total. The van der Waals surface area contributed by atoms with Gasteiger partial charge in [0.15, 0.2) is 0 Å². The highest BCUT2D eigenvalue weighted by Gasteiger charge is 2.21. The molecule has 0 aliphatic carbocycles. The summed E-state index contributed by atoms with van der Waals surface area (Å²) in [5.41, 5.74) is 1.33. The quantitative estimate of drug-likeness (QED) is 0.828. The first-order valence-corrected chi connectivity index (χ1v) is 9.47. The van der Waals surface area contributed by atoms with Gasteiger partial charge >= 0.3 is 0 Å². The molecule has 0 aromatic carbocycles. The maximum Gasteiger partial charge on any atom is 0.0957 e. The summed E-state index contributed by atoms with van der Waals surface area (Å²) in [6.07, 6.45) is 10.7. The number of β-amino-alcohol motifs (C(OH)–C–C–N with tert-alkyl or cyclic N) is 1. The van der Waals surface area contributed by atoms with E-state index in [0.717, 1.165) is 52.0 Å². The van der Waals surface area contributed by atoms with Gasteiger partial charge in [0.25, 0.3) is 0 Å². The van der Waals surface area contributed by atoms with Crippen molar-refractivity contribution in [1.82, 2.24) is 14.9 Å². The number of nitrogens with zero attached hydrogens (tertiary/aromatic N) is 3. The standard InChI is InChI=1S/C19H31N3O2/c23-19(15-21-9-2-1-3-10-21)16-24-22-11-6-17(7-12-22)13-18-5-4-8-20-14-18/h4-5,8,14,17,19,23H,1-3,6-7,9-13,15-16H2. The van der Waals surface area contributed by atoms with Crippen LogP contribution in [-0.2, 0) is 11.3 Å². The van der Waals surface area contributed by atoms with Gasteiger partial charge in [-0.1, -0.05) is 12.5 Å². The van der Waals surface area contributed by atoms with E-state index in [2.05, 4.69) is 16.0 Å². The molecule has 0 radical (unpaired) electrons. The summed E-state index contributed by atoms with van der Waals surface area (Å²) in [6.45, 7) is 5.33. The summed E-state index contributed by atoms with van der Waals surface area (Å²) in [6, 6.07) is 4.17. The molecule has 1 atom stereocenters. The monoisotopic (exact) mass is 333 g/mol. The third-order valence-electron chi connectivity index (χ3n) is 5.19. The predicted molar refractivity (Wildman–Crippen MR) is 94.5 cm³/mol. The smallest absolute Gasteiger partial charge is 0.0957 e. The Morgan fingerprint density at radius 2 is 1.96 bits per heavy atom. The van der Waals surface area contributed by atoms with Crippen LogP contribution in [-0.4, -0.2) is 65.5 Å². The summed E-state index contributed by atoms with van der Waals surface area (Å²) < 4.78 is 0. The third kappa shape index (κ3) is 5.81. The summed E-state index contributed by atoms with van der Waals surface area (Å²) in [4.78, 5) is 12.4. The molecule has 134 valence electrons. The lowest BCUT2D eigenvalue weighted by Crippen LogP contribution is -2.41. The molecule has 2 saturated heterocycles. The van der Waals surface area contributed by atoms with Gasteiger partial charge in [-0.25, -0.2) is 0 Å². The number of pyridine rings is 1. The van der Waals surface area contributed by atoms with Crippen molar-refractivity contribution in [3.05, 3.63) is 30.1 Å². The molecule has 1 aromatic heterocycles. The van der Waals surface area contributed by atoms with E-state index in [9.17, 15) is 5.11 Å². The number of rotatable bonds is 7. The van der Waals surface area contributed by atoms with E-state index in [-0.39, 0.29) is 6.10 Å². The molecule has 2 fully saturated rings. The fraction of sp³-hybridized carbons (Fsp3) is 0.737. The summed E-state index contributed by atoms with van der Waals surface area (Å²) in [7, 11) is 0. The van der Waals surface area contributed by atoms with Gasteiger partial charge in [-0.3, -0.25) is 9.82 Å². The van der Waals surface area contributed by atoms with E-state index in [1.807, 2.05) is 23.5 Å². The third-order valence-corrected chi connectivity index (χ3v) is 5.19. The number of aliphatic hydroxyl groups excluding tert-OH is 1. The molecule has 1 unspecified atom stereocenters. The molecule has 3 rings (SSSR count). The van der Waals surface area contributed by atoms with Crippen LogP contribution in [0.25, 0.3) is 0 Å². The normalized spacial score (nSPS) is 22.5. The highest BCUT2D eigenvalue weighted by Crippen LogP contribution is 2.21. The van der Waals surface area contributed by atoms with E-state index in [1.54, 1.807) is 0 Å². The summed E-state index contributed by atoms with van der Waals surface area (Å²) in [5, 5.41) is 12.2. The zero-order valence-electron chi connectivity index (χ0n) is 14.6. The number of aliphatic hydroxyl groups is 1. The molecular formula is C19H31N3O2. The molecule has 24 heavy (non-hydrogen) atoms. The molecule has 2 aliphatic heterocycles. The Morgan fingerprint density at radius 1 is 1.17 bits per heavy atom. The molecule has 1 N–H and O–H groups in total. The SMILES string of the molecule is OC(CON1CCC(Cc2cccnc2)CC1)CN1CCCCC1. The predicted octanol–water partition coefficient (Wildman–Crippen LogP) is 2.11. The molecule has 0 spiro atoms. The molecule has 2 aliphatic rings. The van der Waals surface area contributed by atoms with Crippen molar-refractivity contribution in [3.8, 4) is 0 Å². The van der Waals surface area contributed by atoms with Crippen molar-refractivity contribution in [1.29, 1.82) is 0 Å². The van der Waals surface area contributed by atoms with Crippen LogP contribution < -0.4 is 0 Å². The van der Waals surface area contributed by atoms with Gasteiger partial charge in [0.05, 0.1) is 12.7 Å². The van der Waals surface area contributed by atoms with Crippen molar-refractivity contribution in [2.45, 2.75) is 44.6 Å². The van der Waals surface area contributed by atoms with Crippen LogP contribution in [0.2, 0.25) is 0 Å². The second-order valence-electron chi connectivity index (χ2n) is 7.25. The Balaban J connectivity index is 1.30. The minimum absolute atomic E-state index is 0.379. The van der Waals surface area contributed by atoms with Crippen molar-refractivity contribution in [2.75, 3.05) is 39.3 Å². The molecule has 1 aromatic rings. The van der Waals surface area contributed by atoms with Crippen molar-refractivity contribution < 1.29 is 9.94 Å². The number of piperidine rings is 2. The maximum atomic E-state index is 10.2. The first-order valence-electron chi connectivity index (χ1n) is 9.47. The average Bonchev–Trinajstić information content (AvgIpc) is 2.63. The Hall–Kier alpha value is -1.01. The van der Waals surface area contributed by atoms with E-state index >= 15 is 0 Å². The van der Waals surface area contributed by atoms with Crippen molar-refractivity contribution in [2.24, 2.45) is 5.92 Å². The molecule has 0 bridgehead atoms. The first kappa shape index (κ1) is 17.8. The number of hydroxylamine groups is 2. The van der Waals surface area contributed by atoms with Crippen LogP contribution >= 0.6 is 0 Å². The molecule has 5 heteroatoms. The highest BCUT2D eigenvalue weighted by molar-refractivity contribution is 5.09. The summed E-state index contributed by atoms with van der Waals surface area (Å²) in [5.74, 6) is 0.715. The second kappa shape index (κ2) is 9.47. The molecular weight excluding hydrogens is 302 g/mol. The van der Waals surface area contributed by atoms with Gasteiger partial charge in [-0.05, 0) is 62.7 Å². The van der Waals surface area contributed by atoms with Crippen LogP contribution in [0, 0.1) is 5.92 Å². The minimum Gasteiger partial charge on any atom is -0.389 e. The van der Waals surface area contributed by atoms with Crippen LogP contribution in [0.1, 0.15) is 37.7 Å². The lowest BCUT2D eigenvalue weighted by molar-refractivity contribution is -0.192. The molecule has 0 amide bonds. The maximum absolute atomic E-state index is 10.2. The lowest BCUT2D eigenvalue weighted by Gasteiger charge is -2.33. The van der Waals surface area contributed by atoms with Crippen LogP contribution in [0.5, 0.6) is 0 Å². The number of likely N-dealkylation sites (tertiary alicyclic amines) is 1. The largest absolute Gasteiger partial charge is 0.389 e. The Morgan fingerprint density at radius 3 is 2.67 bits per heavy atom. The van der Waals surface area contributed by atoms with Crippen LogP contribution in [0.15, 0.2) is 24.5 Å². The van der Waals surface area contributed by atoms with Gasteiger partial charge in [-0.2, -0.15) is 5.06 Å². The zero-order chi connectivity index (χ0) is 16.6. The van der Waals surface area contributed by atoms with Gasteiger partial charge in [-0.15, -0.1) is 0 Å². The minimum atomic E-state index is -0.379. The Kier molecular flexibility index (Phi) is 7.02. The fourth-order valence-electron chi connectivity index (χ4n) is 3.78. The Bertz CT molecular complexity index is 457. The average molecular weight is 333 g/mol. The van der Waals surface area contributed by atoms with E-state index < -0.39 is 0 Å². The number of hydrogen-bond acceptors (Lipinski definition) is 5. The van der Waals surface area contributed by atoms with Gasteiger partial charge in [0.2, 0.25) is 0 Å². The number of hydrogen-bond donors (Lipinski definition) is 1. The van der Waals surface area contributed by atoms with Gasteiger partial charge in [0.1, 0.15) is 0 Å². The second-order valence-corrected chi connectivity index (χ2v) is 7.25. The Labute approximate surface area is 145 Å². The fourth-order valence-corrected chi connectivity index (χ4v) is 3.78. The van der Waals surface area contributed by atoms with E-state index in [4.69, 9.17) is 4.84 Å². The van der Waals surface area contributed by atoms with Crippen LogP contribution in [0.3, 0.4) is 0 Å². The highest BCUT2D eigenvalue weighted by atomic mass is 16.7.